The van der Waals surface area contributed by atoms with Crippen molar-refractivity contribution in [2.24, 2.45) is 0 Å². The van der Waals surface area contributed by atoms with Crippen LogP contribution in [-0.2, 0) is 0 Å². The summed E-state index contributed by atoms with van der Waals surface area (Å²) in [4.78, 5) is 4.09. The first-order valence-corrected chi connectivity index (χ1v) is 8.21. The first kappa shape index (κ1) is 13.8. The van der Waals surface area contributed by atoms with Gasteiger partial charge in [-0.25, -0.2) is 0 Å². The molecule has 1 aliphatic heterocycles. The lowest BCUT2D eigenvalue weighted by molar-refractivity contribution is 0.100. The molecule has 1 fully saturated rings. The Kier molecular flexibility index (Phi) is 4.20. The smallest absolute Gasteiger partial charge is 0.0450 e. The van der Waals surface area contributed by atoms with Crippen LogP contribution in [0.5, 0.6) is 0 Å². The van der Waals surface area contributed by atoms with Gasteiger partial charge in [-0.15, -0.1) is 11.3 Å². The van der Waals surface area contributed by atoms with Crippen molar-refractivity contribution < 1.29 is 0 Å². The Balaban J connectivity index is 1.77. The van der Waals surface area contributed by atoms with Crippen molar-refractivity contribution in [1.29, 1.82) is 0 Å². The Morgan fingerprint density at radius 3 is 2.70 bits per heavy atom. The number of rotatable bonds is 3. The van der Waals surface area contributed by atoms with E-state index in [0.717, 1.165) is 13.1 Å². The monoisotopic (exact) mass is 286 g/mol. The average Bonchev–Trinajstić information content (AvgIpc) is 3.02. The highest BCUT2D eigenvalue weighted by Gasteiger charge is 2.29. The van der Waals surface area contributed by atoms with Crippen LogP contribution in [0.3, 0.4) is 0 Å². The van der Waals surface area contributed by atoms with E-state index in [1.54, 1.807) is 0 Å². The van der Waals surface area contributed by atoms with Crippen LogP contribution in [0.1, 0.15) is 36.4 Å². The van der Waals surface area contributed by atoms with Crippen LogP contribution >= 0.6 is 11.3 Å². The average molecular weight is 286 g/mol. The molecule has 20 heavy (non-hydrogen) atoms. The molecule has 3 rings (SSSR count). The van der Waals surface area contributed by atoms with Gasteiger partial charge < -0.3 is 5.32 Å². The molecule has 3 atom stereocenters. The molecule has 3 heteroatoms. The summed E-state index contributed by atoms with van der Waals surface area (Å²) in [5.41, 5.74) is 1.39. The maximum Gasteiger partial charge on any atom is 0.0450 e. The van der Waals surface area contributed by atoms with Crippen LogP contribution in [0.15, 0.2) is 47.8 Å². The topological polar surface area (TPSA) is 15.3 Å². The molecule has 0 saturated carbocycles. The molecular weight excluding hydrogens is 264 g/mol. The Labute approximate surface area is 125 Å². The van der Waals surface area contributed by atoms with Crippen molar-refractivity contribution in [3.8, 4) is 0 Å². The molecule has 1 N–H and O–H groups in total. The van der Waals surface area contributed by atoms with Gasteiger partial charge in [0.2, 0.25) is 0 Å². The second-order valence-corrected chi connectivity index (χ2v) is 6.59. The largest absolute Gasteiger partial charge is 0.307 e. The van der Waals surface area contributed by atoms with Gasteiger partial charge >= 0.3 is 0 Å². The second kappa shape index (κ2) is 6.08. The summed E-state index contributed by atoms with van der Waals surface area (Å²) in [5.74, 6) is 0. The Morgan fingerprint density at radius 2 is 2.00 bits per heavy atom. The first-order valence-electron chi connectivity index (χ1n) is 7.33. The summed E-state index contributed by atoms with van der Waals surface area (Å²) < 4.78 is 0. The predicted molar refractivity (Wildman–Crippen MR) is 86.1 cm³/mol. The lowest BCUT2D eigenvalue weighted by Crippen LogP contribution is -2.51. The molecule has 1 saturated heterocycles. The van der Waals surface area contributed by atoms with E-state index in [9.17, 15) is 0 Å². The summed E-state index contributed by atoms with van der Waals surface area (Å²) in [6.07, 6.45) is 0. The molecule has 2 heterocycles. The Morgan fingerprint density at radius 1 is 1.20 bits per heavy atom. The van der Waals surface area contributed by atoms with Crippen LogP contribution in [0.4, 0.5) is 0 Å². The van der Waals surface area contributed by atoms with Gasteiger partial charge in [0.05, 0.1) is 0 Å². The van der Waals surface area contributed by atoms with Crippen molar-refractivity contribution in [3.05, 3.63) is 58.3 Å². The van der Waals surface area contributed by atoms with Crippen molar-refractivity contribution in [3.63, 3.8) is 0 Å². The molecule has 106 valence electrons. The predicted octanol–water partition coefficient (Wildman–Crippen LogP) is 3.84. The fraction of sp³-hybridized carbons (Fsp3) is 0.412. The van der Waals surface area contributed by atoms with E-state index < -0.39 is 0 Å². The van der Waals surface area contributed by atoms with Crippen LogP contribution < -0.4 is 5.32 Å². The minimum atomic E-state index is 0.440. The normalized spacial score (nSPS) is 25.5. The van der Waals surface area contributed by atoms with Crippen molar-refractivity contribution in [2.75, 3.05) is 13.1 Å². The van der Waals surface area contributed by atoms with Gasteiger partial charge in [0.15, 0.2) is 0 Å². The summed E-state index contributed by atoms with van der Waals surface area (Å²) >= 11 is 1.86. The fourth-order valence-corrected chi connectivity index (χ4v) is 3.83. The molecule has 3 unspecified atom stereocenters. The van der Waals surface area contributed by atoms with Gasteiger partial charge in [-0.1, -0.05) is 36.4 Å². The molecule has 0 spiro atoms. The minimum Gasteiger partial charge on any atom is -0.307 e. The molecule has 1 aromatic heterocycles. The van der Waals surface area contributed by atoms with Gasteiger partial charge in [0.1, 0.15) is 0 Å². The molecular formula is C17H22N2S. The van der Waals surface area contributed by atoms with Gasteiger partial charge in [-0.2, -0.15) is 0 Å². The van der Waals surface area contributed by atoms with Gasteiger partial charge in [-0.3, -0.25) is 4.90 Å². The fourth-order valence-electron chi connectivity index (χ4n) is 3.03. The van der Waals surface area contributed by atoms with E-state index in [4.69, 9.17) is 0 Å². The molecule has 0 radical (unpaired) electrons. The number of nitrogens with one attached hydrogen (secondary N) is 1. The van der Waals surface area contributed by atoms with Gasteiger partial charge in [0, 0.05) is 36.1 Å². The highest BCUT2D eigenvalue weighted by Crippen LogP contribution is 2.30. The van der Waals surface area contributed by atoms with Crippen LogP contribution in [0.25, 0.3) is 0 Å². The standard InChI is InChI=1S/C17H22N2S/c1-13-11-18-16(15-7-4-3-5-8-15)12-19(13)14(2)17-9-6-10-20-17/h3-10,13-14,16,18H,11-12H2,1-2H3. The van der Waals surface area contributed by atoms with Crippen molar-refractivity contribution in [2.45, 2.75) is 32.0 Å². The van der Waals surface area contributed by atoms with E-state index in [0.29, 0.717) is 18.1 Å². The van der Waals surface area contributed by atoms with E-state index in [2.05, 4.69) is 71.9 Å². The number of hydrogen-bond donors (Lipinski definition) is 1. The number of benzene rings is 1. The third-order valence-corrected chi connectivity index (χ3v) is 5.32. The summed E-state index contributed by atoms with van der Waals surface area (Å²) in [6, 6.07) is 16.7. The SMILES string of the molecule is CC1CNC(c2ccccc2)CN1C(C)c1cccs1. The molecule has 1 aromatic carbocycles. The van der Waals surface area contributed by atoms with Gasteiger partial charge in [0.25, 0.3) is 0 Å². The molecule has 0 bridgehead atoms. The number of thiophene rings is 1. The molecule has 2 nitrogen and oxygen atoms in total. The minimum absolute atomic E-state index is 0.440. The molecule has 0 amide bonds. The number of hydrogen-bond acceptors (Lipinski definition) is 3. The Bertz CT molecular complexity index is 523. The first-order chi connectivity index (χ1) is 9.75. The number of piperazine rings is 1. The van der Waals surface area contributed by atoms with E-state index in [-0.39, 0.29) is 0 Å². The Hall–Kier alpha value is -1.16. The zero-order chi connectivity index (χ0) is 13.9. The van der Waals surface area contributed by atoms with Crippen molar-refractivity contribution >= 4 is 11.3 Å². The summed E-state index contributed by atoms with van der Waals surface area (Å²) in [5, 5.41) is 5.85. The van der Waals surface area contributed by atoms with Crippen LogP contribution in [0.2, 0.25) is 0 Å². The molecule has 2 aromatic rings. The number of nitrogens with zero attached hydrogens (tertiary/aromatic N) is 1. The second-order valence-electron chi connectivity index (χ2n) is 5.61. The quantitative estimate of drug-likeness (QED) is 0.922. The molecule has 0 aliphatic carbocycles. The van der Waals surface area contributed by atoms with E-state index in [1.807, 2.05) is 11.3 Å². The lowest BCUT2D eigenvalue weighted by Gasteiger charge is -2.42. The zero-order valence-electron chi connectivity index (χ0n) is 12.1. The summed E-state index contributed by atoms with van der Waals surface area (Å²) in [7, 11) is 0. The third kappa shape index (κ3) is 2.80. The molecule has 1 aliphatic rings. The highest BCUT2D eigenvalue weighted by molar-refractivity contribution is 7.10. The zero-order valence-corrected chi connectivity index (χ0v) is 12.9. The van der Waals surface area contributed by atoms with Crippen LogP contribution in [0, 0.1) is 0 Å². The van der Waals surface area contributed by atoms with E-state index in [1.165, 1.54) is 10.4 Å². The summed E-state index contributed by atoms with van der Waals surface area (Å²) in [6.45, 7) is 6.77. The maximum atomic E-state index is 3.68. The van der Waals surface area contributed by atoms with Crippen LogP contribution in [-0.4, -0.2) is 24.0 Å². The third-order valence-electron chi connectivity index (χ3n) is 4.27. The van der Waals surface area contributed by atoms with Gasteiger partial charge in [-0.05, 0) is 30.9 Å². The lowest BCUT2D eigenvalue weighted by atomic mass is 10.0. The highest BCUT2D eigenvalue weighted by atomic mass is 32.1. The van der Waals surface area contributed by atoms with E-state index >= 15 is 0 Å². The van der Waals surface area contributed by atoms with Crippen molar-refractivity contribution in [1.82, 2.24) is 10.2 Å². The maximum absolute atomic E-state index is 3.68.